The van der Waals surface area contributed by atoms with Crippen LogP contribution < -0.4 is 25.4 Å². The number of hydrogen-bond acceptors (Lipinski definition) is 6. The fourth-order valence-electron chi connectivity index (χ4n) is 2.79. The van der Waals surface area contributed by atoms with Crippen LogP contribution in [0.25, 0.3) is 0 Å². The van der Waals surface area contributed by atoms with Crippen LogP contribution in [-0.2, 0) is 0 Å². The van der Waals surface area contributed by atoms with Gasteiger partial charge in [-0.05, 0) is 30.3 Å². The van der Waals surface area contributed by atoms with Crippen molar-refractivity contribution in [3.05, 3.63) is 66.4 Å². The van der Waals surface area contributed by atoms with Crippen LogP contribution in [-0.4, -0.2) is 28.9 Å². The lowest BCUT2D eigenvalue weighted by atomic mass is 10.2. The van der Waals surface area contributed by atoms with E-state index in [0.29, 0.717) is 22.9 Å². The van der Waals surface area contributed by atoms with Gasteiger partial charge >= 0.3 is 6.09 Å². The molecule has 0 aliphatic carbocycles. The molecule has 2 amide bonds. The van der Waals surface area contributed by atoms with Crippen molar-refractivity contribution in [3.8, 4) is 11.5 Å². The normalized spacial score (nSPS) is 11.6. The van der Waals surface area contributed by atoms with Gasteiger partial charge in [-0.1, -0.05) is 24.3 Å². The SMILES string of the molecule is O=C(O)Nc1cc(Nc2cccc3c2OCO3)nc(C(=O)Nc2ccccc2)c1. The number of amides is 2. The molecule has 4 rings (SSSR count). The first kappa shape index (κ1) is 18.1. The summed E-state index contributed by atoms with van der Waals surface area (Å²) in [7, 11) is 0. The first-order chi connectivity index (χ1) is 14.1. The minimum absolute atomic E-state index is 0.0346. The highest BCUT2D eigenvalue weighted by Gasteiger charge is 2.19. The molecule has 29 heavy (non-hydrogen) atoms. The number of anilines is 4. The molecule has 0 spiro atoms. The second-order valence-electron chi connectivity index (χ2n) is 6.04. The van der Waals surface area contributed by atoms with Gasteiger partial charge in [-0.2, -0.15) is 0 Å². The number of ether oxygens (including phenoxy) is 2. The monoisotopic (exact) mass is 392 g/mol. The van der Waals surface area contributed by atoms with Crippen molar-refractivity contribution in [1.29, 1.82) is 0 Å². The van der Waals surface area contributed by atoms with E-state index in [1.807, 2.05) is 6.07 Å². The van der Waals surface area contributed by atoms with Crippen molar-refractivity contribution in [2.24, 2.45) is 0 Å². The van der Waals surface area contributed by atoms with Crippen LogP contribution in [0.2, 0.25) is 0 Å². The average molecular weight is 392 g/mol. The summed E-state index contributed by atoms with van der Waals surface area (Å²) < 4.78 is 10.8. The molecule has 0 atom stereocenters. The number of fused-ring (bicyclic) bond motifs is 1. The molecule has 9 nitrogen and oxygen atoms in total. The molecule has 1 aliphatic heterocycles. The number of aromatic nitrogens is 1. The number of nitrogens with one attached hydrogen (secondary N) is 3. The molecule has 3 aromatic rings. The molecular formula is C20H16N4O5. The number of hydrogen-bond donors (Lipinski definition) is 4. The first-order valence-corrected chi connectivity index (χ1v) is 8.62. The van der Waals surface area contributed by atoms with Gasteiger partial charge in [0, 0.05) is 11.8 Å². The minimum Gasteiger partial charge on any atom is -0.465 e. The van der Waals surface area contributed by atoms with Crippen molar-refractivity contribution in [3.63, 3.8) is 0 Å². The van der Waals surface area contributed by atoms with Crippen LogP contribution in [0.4, 0.5) is 27.7 Å². The van der Waals surface area contributed by atoms with E-state index in [1.165, 1.54) is 12.1 Å². The van der Waals surface area contributed by atoms with Crippen LogP contribution in [0.1, 0.15) is 10.5 Å². The summed E-state index contributed by atoms with van der Waals surface area (Å²) >= 11 is 0. The summed E-state index contributed by atoms with van der Waals surface area (Å²) in [6, 6.07) is 17.0. The van der Waals surface area contributed by atoms with Gasteiger partial charge < -0.3 is 25.2 Å². The van der Waals surface area contributed by atoms with E-state index in [1.54, 1.807) is 42.5 Å². The molecule has 2 aromatic carbocycles. The largest absolute Gasteiger partial charge is 0.465 e. The second kappa shape index (κ2) is 7.77. The maximum absolute atomic E-state index is 12.6. The number of carbonyl (C=O) groups excluding carboxylic acids is 1. The fraction of sp³-hybridized carbons (Fsp3) is 0.0500. The summed E-state index contributed by atoms with van der Waals surface area (Å²) in [6.07, 6.45) is -1.26. The van der Waals surface area contributed by atoms with E-state index in [9.17, 15) is 9.59 Å². The molecule has 0 radical (unpaired) electrons. The smallest absolute Gasteiger partial charge is 0.409 e. The molecule has 9 heteroatoms. The Kier molecular flexibility index (Phi) is 4.85. The van der Waals surface area contributed by atoms with Crippen LogP contribution in [0.3, 0.4) is 0 Å². The van der Waals surface area contributed by atoms with Crippen LogP contribution in [0.15, 0.2) is 60.7 Å². The molecule has 0 unspecified atom stereocenters. The number of pyridine rings is 1. The van der Waals surface area contributed by atoms with Crippen molar-refractivity contribution >= 4 is 34.9 Å². The Bertz CT molecular complexity index is 1070. The molecular weight excluding hydrogens is 376 g/mol. The summed E-state index contributed by atoms with van der Waals surface area (Å²) in [5.41, 5.74) is 1.40. The summed E-state index contributed by atoms with van der Waals surface area (Å²) in [5.74, 6) is 0.877. The second-order valence-corrected chi connectivity index (χ2v) is 6.04. The Hall–Kier alpha value is -4.27. The predicted molar refractivity (Wildman–Crippen MR) is 106 cm³/mol. The van der Waals surface area contributed by atoms with Gasteiger partial charge in [0.2, 0.25) is 6.79 Å². The highest BCUT2D eigenvalue weighted by Crippen LogP contribution is 2.40. The third kappa shape index (κ3) is 4.19. The third-order valence-corrected chi connectivity index (χ3v) is 4.00. The summed E-state index contributed by atoms with van der Waals surface area (Å²) in [4.78, 5) is 28.0. The molecule has 1 aromatic heterocycles. The molecule has 1 aliphatic rings. The highest BCUT2D eigenvalue weighted by atomic mass is 16.7. The highest BCUT2D eigenvalue weighted by molar-refractivity contribution is 6.04. The molecule has 0 bridgehead atoms. The lowest BCUT2D eigenvalue weighted by Crippen LogP contribution is -2.16. The Morgan fingerprint density at radius 1 is 0.931 bits per heavy atom. The van der Waals surface area contributed by atoms with Gasteiger partial charge in [0.05, 0.1) is 11.4 Å². The maximum atomic E-state index is 12.6. The maximum Gasteiger partial charge on any atom is 0.409 e. The van der Waals surface area contributed by atoms with Crippen molar-refractivity contribution in [1.82, 2.24) is 4.98 Å². The topological polar surface area (TPSA) is 122 Å². The van der Waals surface area contributed by atoms with Crippen molar-refractivity contribution in [2.75, 3.05) is 22.7 Å². The van der Waals surface area contributed by atoms with E-state index in [-0.39, 0.29) is 24.0 Å². The van der Waals surface area contributed by atoms with Crippen molar-refractivity contribution < 1.29 is 24.2 Å². The number of carbonyl (C=O) groups is 2. The Morgan fingerprint density at radius 3 is 2.55 bits per heavy atom. The Labute approximate surface area is 165 Å². The number of nitrogens with zero attached hydrogens (tertiary/aromatic N) is 1. The minimum atomic E-state index is -1.26. The van der Waals surface area contributed by atoms with E-state index >= 15 is 0 Å². The number of para-hydroxylation sites is 2. The molecule has 0 saturated heterocycles. The lowest BCUT2D eigenvalue weighted by Gasteiger charge is -2.12. The lowest BCUT2D eigenvalue weighted by molar-refractivity contribution is 0.102. The van der Waals surface area contributed by atoms with Gasteiger partial charge in [-0.3, -0.25) is 10.1 Å². The summed E-state index contributed by atoms with van der Waals surface area (Å²) in [5, 5.41) is 17.1. The fourth-order valence-corrected chi connectivity index (χ4v) is 2.79. The van der Waals surface area contributed by atoms with Crippen LogP contribution >= 0.6 is 0 Å². The van der Waals surface area contributed by atoms with E-state index in [0.717, 1.165) is 0 Å². The van der Waals surface area contributed by atoms with Gasteiger partial charge in [0.15, 0.2) is 11.5 Å². The number of benzene rings is 2. The third-order valence-electron chi connectivity index (χ3n) is 4.00. The van der Waals surface area contributed by atoms with Crippen LogP contribution in [0, 0.1) is 0 Å². The van der Waals surface area contributed by atoms with E-state index in [2.05, 4.69) is 20.9 Å². The number of carboxylic acid groups (broad SMARTS) is 1. The van der Waals surface area contributed by atoms with Crippen molar-refractivity contribution in [2.45, 2.75) is 0 Å². The Morgan fingerprint density at radius 2 is 1.76 bits per heavy atom. The van der Waals surface area contributed by atoms with Gasteiger partial charge in [-0.15, -0.1) is 0 Å². The quantitative estimate of drug-likeness (QED) is 0.519. The summed E-state index contributed by atoms with van der Waals surface area (Å²) in [6.45, 7) is 0.104. The number of rotatable bonds is 5. The van der Waals surface area contributed by atoms with Gasteiger partial charge in [0.1, 0.15) is 11.5 Å². The molecule has 146 valence electrons. The van der Waals surface area contributed by atoms with Crippen LogP contribution in [0.5, 0.6) is 11.5 Å². The van der Waals surface area contributed by atoms with Gasteiger partial charge in [0.25, 0.3) is 5.91 Å². The first-order valence-electron chi connectivity index (χ1n) is 8.62. The Balaban J connectivity index is 1.65. The molecule has 0 fully saturated rings. The van der Waals surface area contributed by atoms with E-state index in [4.69, 9.17) is 14.6 Å². The van der Waals surface area contributed by atoms with E-state index < -0.39 is 12.0 Å². The van der Waals surface area contributed by atoms with Gasteiger partial charge in [-0.25, -0.2) is 9.78 Å². The zero-order chi connectivity index (χ0) is 20.2. The molecule has 4 N–H and O–H groups in total. The standard InChI is InChI=1S/C20H16N4O5/c25-19(21-12-5-2-1-3-6-12)15-9-13(22-20(26)27)10-17(24-15)23-14-7-4-8-16-18(14)29-11-28-16/h1-10H,11H2,(H,21,25)(H,26,27)(H2,22,23,24). The molecule has 0 saturated carbocycles. The molecule has 2 heterocycles. The zero-order valence-electron chi connectivity index (χ0n) is 15.0. The average Bonchev–Trinajstić information content (AvgIpc) is 3.18. The predicted octanol–water partition coefficient (Wildman–Crippen LogP) is 3.90. The zero-order valence-corrected chi connectivity index (χ0v) is 15.0.